The van der Waals surface area contributed by atoms with Crippen LogP contribution >= 0.6 is 0 Å². The molecule has 0 spiro atoms. The second-order valence-electron chi connectivity index (χ2n) is 4.49. The van der Waals surface area contributed by atoms with E-state index in [0.29, 0.717) is 5.69 Å². The fourth-order valence-electron chi connectivity index (χ4n) is 1.86. The molecule has 2 aromatic rings. The van der Waals surface area contributed by atoms with E-state index in [1.165, 1.54) is 19.1 Å². The van der Waals surface area contributed by atoms with Crippen LogP contribution in [0.1, 0.15) is 18.1 Å². The number of non-ortho nitro benzene ring substituents is 1. The van der Waals surface area contributed by atoms with Gasteiger partial charge in [0, 0.05) is 24.7 Å². The fourth-order valence-corrected chi connectivity index (χ4v) is 1.86. The van der Waals surface area contributed by atoms with Crippen molar-refractivity contribution in [1.82, 2.24) is 0 Å². The molecule has 0 aliphatic rings. The Bertz CT molecular complexity index is 708. The van der Waals surface area contributed by atoms with Crippen LogP contribution in [0.2, 0.25) is 0 Å². The zero-order chi connectivity index (χ0) is 15.2. The van der Waals surface area contributed by atoms with Gasteiger partial charge in [0.05, 0.1) is 4.92 Å². The topological polar surface area (TPSA) is 72.2 Å². The number of rotatable bonds is 4. The van der Waals surface area contributed by atoms with E-state index in [4.69, 9.17) is 0 Å². The van der Waals surface area contributed by atoms with Crippen molar-refractivity contribution in [2.24, 2.45) is 0 Å². The lowest BCUT2D eigenvalue weighted by atomic mass is 10.1. The van der Waals surface area contributed by atoms with Crippen molar-refractivity contribution < 1.29 is 9.72 Å². The highest BCUT2D eigenvalue weighted by Gasteiger charge is 2.03. The van der Waals surface area contributed by atoms with Crippen molar-refractivity contribution in [3.8, 4) is 0 Å². The number of nitrogens with one attached hydrogen (secondary N) is 1. The SMILES string of the molecule is CC(=O)Nc1cccc(C=Cc2cccc([N+](=O)[O-])c2)c1. The minimum Gasteiger partial charge on any atom is -0.326 e. The van der Waals surface area contributed by atoms with Gasteiger partial charge in [-0.15, -0.1) is 0 Å². The number of anilines is 1. The standard InChI is InChI=1S/C16H14N2O3/c1-12(19)17-15-6-2-4-13(10-15)8-9-14-5-3-7-16(11-14)18(20)21/h2-11H,1H3,(H,17,19). The maximum Gasteiger partial charge on any atom is 0.270 e. The molecule has 0 atom stereocenters. The van der Waals surface area contributed by atoms with Gasteiger partial charge >= 0.3 is 0 Å². The molecule has 0 fully saturated rings. The quantitative estimate of drug-likeness (QED) is 0.527. The van der Waals surface area contributed by atoms with Crippen LogP contribution in [0.25, 0.3) is 12.2 Å². The van der Waals surface area contributed by atoms with Crippen molar-refractivity contribution in [3.05, 3.63) is 69.8 Å². The van der Waals surface area contributed by atoms with Crippen LogP contribution in [0.3, 0.4) is 0 Å². The molecule has 1 amide bonds. The van der Waals surface area contributed by atoms with Crippen LogP contribution in [-0.2, 0) is 4.79 Å². The summed E-state index contributed by atoms with van der Waals surface area (Å²) >= 11 is 0. The van der Waals surface area contributed by atoms with Gasteiger partial charge in [0.25, 0.3) is 5.69 Å². The van der Waals surface area contributed by atoms with Gasteiger partial charge < -0.3 is 5.32 Å². The summed E-state index contributed by atoms with van der Waals surface area (Å²) in [6, 6.07) is 13.7. The third-order valence-electron chi connectivity index (χ3n) is 2.76. The first kappa shape index (κ1) is 14.5. The molecule has 0 aliphatic heterocycles. The minimum atomic E-state index is -0.422. The minimum absolute atomic E-state index is 0.0594. The number of nitro benzene ring substituents is 1. The van der Waals surface area contributed by atoms with Gasteiger partial charge in [-0.1, -0.05) is 36.4 Å². The highest BCUT2D eigenvalue weighted by atomic mass is 16.6. The number of nitrogens with zero attached hydrogens (tertiary/aromatic N) is 1. The van der Waals surface area contributed by atoms with E-state index in [0.717, 1.165) is 11.1 Å². The Morgan fingerprint density at radius 2 is 1.71 bits per heavy atom. The molecule has 1 N–H and O–H groups in total. The summed E-state index contributed by atoms with van der Waals surface area (Å²) in [4.78, 5) is 21.3. The molecular weight excluding hydrogens is 268 g/mol. The number of carbonyl (C=O) groups excluding carboxylic acids is 1. The monoisotopic (exact) mass is 282 g/mol. The van der Waals surface area contributed by atoms with Crippen LogP contribution in [0.5, 0.6) is 0 Å². The van der Waals surface area contributed by atoms with Gasteiger partial charge in [0.15, 0.2) is 0 Å². The molecule has 2 aromatic carbocycles. The van der Waals surface area contributed by atoms with E-state index >= 15 is 0 Å². The molecule has 106 valence electrons. The van der Waals surface area contributed by atoms with Gasteiger partial charge in [-0.3, -0.25) is 14.9 Å². The third-order valence-corrected chi connectivity index (χ3v) is 2.76. The smallest absolute Gasteiger partial charge is 0.270 e. The lowest BCUT2D eigenvalue weighted by molar-refractivity contribution is -0.384. The molecule has 0 saturated carbocycles. The molecule has 0 aromatic heterocycles. The van der Waals surface area contributed by atoms with Crippen molar-refractivity contribution >= 4 is 29.4 Å². The summed E-state index contributed by atoms with van der Waals surface area (Å²) in [6.07, 6.45) is 3.63. The fraction of sp³-hybridized carbons (Fsp3) is 0.0625. The van der Waals surface area contributed by atoms with Crippen molar-refractivity contribution in [3.63, 3.8) is 0 Å². The highest BCUT2D eigenvalue weighted by molar-refractivity contribution is 5.89. The molecule has 21 heavy (non-hydrogen) atoms. The first-order valence-electron chi connectivity index (χ1n) is 6.35. The van der Waals surface area contributed by atoms with Gasteiger partial charge in [-0.2, -0.15) is 0 Å². The second kappa shape index (κ2) is 6.47. The Balaban J connectivity index is 2.19. The predicted octanol–water partition coefficient (Wildman–Crippen LogP) is 3.72. The number of amides is 1. The molecular formula is C16H14N2O3. The lowest BCUT2D eigenvalue weighted by Gasteiger charge is -2.02. The van der Waals surface area contributed by atoms with E-state index in [2.05, 4.69) is 5.32 Å². The Morgan fingerprint density at radius 3 is 2.33 bits per heavy atom. The average molecular weight is 282 g/mol. The molecule has 5 heteroatoms. The summed E-state index contributed by atoms with van der Waals surface area (Å²) < 4.78 is 0. The number of hydrogen-bond donors (Lipinski definition) is 1. The lowest BCUT2D eigenvalue weighted by Crippen LogP contribution is -2.05. The van der Waals surface area contributed by atoms with Gasteiger partial charge in [-0.25, -0.2) is 0 Å². The molecule has 5 nitrogen and oxygen atoms in total. The summed E-state index contributed by atoms with van der Waals surface area (Å²) in [5.74, 6) is -0.130. The Hall–Kier alpha value is -2.95. The molecule has 0 radical (unpaired) electrons. The molecule has 0 unspecified atom stereocenters. The van der Waals surface area contributed by atoms with Crippen LogP contribution < -0.4 is 5.32 Å². The van der Waals surface area contributed by atoms with Crippen molar-refractivity contribution in [1.29, 1.82) is 0 Å². The van der Waals surface area contributed by atoms with Gasteiger partial charge in [0.2, 0.25) is 5.91 Å². The Kier molecular flexibility index (Phi) is 4.46. The predicted molar refractivity (Wildman–Crippen MR) is 82.8 cm³/mol. The zero-order valence-corrected chi connectivity index (χ0v) is 11.4. The normalized spacial score (nSPS) is 10.5. The number of benzene rings is 2. The van der Waals surface area contributed by atoms with E-state index in [1.807, 2.05) is 24.3 Å². The first-order valence-corrected chi connectivity index (χ1v) is 6.35. The maximum absolute atomic E-state index is 11.0. The average Bonchev–Trinajstić information content (AvgIpc) is 2.45. The number of hydrogen-bond acceptors (Lipinski definition) is 3. The molecule has 0 saturated heterocycles. The highest BCUT2D eigenvalue weighted by Crippen LogP contribution is 2.17. The van der Waals surface area contributed by atoms with E-state index in [1.54, 1.807) is 24.3 Å². The van der Waals surface area contributed by atoms with Crippen molar-refractivity contribution in [2.45, 2.75) is 6.92 Å². The summed E-state index contributed by atoms with van der Waals surface area (Å²) in [6.45, 7) is 1.45. The third kappa shape index (κ3) is 4.28. The first-order chi connectivity index (χ1) is 10.0. The zero-order valence-electron chi connectivity index (χ0n) is 11.4. The maximum atomic E-state index is 11.0. The van der Waals surface area contributed by atoms with E-state index in [9.17, 15) is 14.9 Å². The molecule has 0 bridgehead atoms. The largest absolute Gasteiger partial charge is 0.326 e. The number of nitro groups is 1. The van der Waals surface area contributed by atoms with Gasteiger partial charge in [0.1, 0.15) is 0 Å². The Labute approximate surface area is 122 Å². The van der Waals surface area contributed by atoms with Crippen LogP contribution in [-0.4, -0.2) is 10.8 Å². The second-order valence-corrected chi connectivity index (χ2v) is 4.49. The summed E-state index contributed by atoms with van der Waals surface area (Å²) in [5, 5.41) is 13.4. The van der Waals surface area contributed by atoms with E-state index < -0.39 is 4.92 Å². The molecule has 2 rings (SSSR count). The molecule has 0 aliphatic carbocycles. The van der Waals surface area contributed by atoms with E-state index in [-0.39, 0.29) is 11.6 Å². The van der Waals surface area contributed by atoms with Crippen LogP contribution in [0.4, 0.5) is 11.4 Å². The number of carbonyl (C=O) groups is 1. The van der Waals surface area contributed by atoms with Gasteiger partial charge in [-0.05, 0) is 23.3 Å². The Morgan fingerprint density at radius 1 is 1.10 bits per heavy atom. The summed E-state index contributed by atoms with van der Waals surface area (Å²) in [5.41, 5.74) is 2.41. The van der Waals surface area contributed by atoms with Crippen LogP contribution in [0, 0.1) is 10.1 Å². The van der Waals surface area contributed by atoms with Crippen molar-refractivity contribution in [2.75, 3.05) is 5.32 Å². The summed E-state index contributed by atoms with van der Waals surface area (Å²) in [7, 11) is 0. The van der Waals surface area contributed by atoms with Crippen LogP contribution in [0.15, 0.2) is 48.5 Å². The molecule has 0 heterocycles.